The minimum Gasteiger partial charge on any atom is -0.463 e. The number of aliphatic imine (C=N–C) groups is 1. The molecule has 0 saturated carbocycles. The summed E-state index contributed by atoms with van der Waals surface area (Å²) in [5.41, 5.74) is 2.98. The zero-order chi connectivity index (χ0) is 27.4. The molecule has 1 aromatic heterocycles. The summed E-state index contributed by atoms with van der Waals surface area (Å²) in [6, 6.07) is 1.71. The molecule has 1 fully saturated rings. The van der Waals surface area contributed by atoms with Crippen LogP contribution in [0.25, 0.3) is 0 Å². The number of nitrogens with one attached hydrogen (secondary N) is 2. The molecule has 0 aliphatic carbocycles. The number of rotatable bonds is 8. The number of hydrogen-bond acceptors (Lipinski definition) is 11. The number of esters is 1. The molecule has 0 unspecified atom stereocenters. The minimum atomic E-state index is -3.49. The summed E-state index contributed by atoms with van der Waals surface area (Å²) in [4.78, 5) is 41.4. The third kappa shape index (κ3) is 6.21. The van der Waals surface area contributed by atoms with Gasteiger partial charge in [0.25, 0.3) is 5.91 Å². The first kappa shape index (κ1) is 28.1. The van der Waals surface area contributed by atoms with Crippen LogP contribution in [0.3, 0.4) is 0 Å². The van der Waals surface area contributed by atoms with Crippen molar-refractivity contribution < 1.29 is 32.0 Å². The van der Waals surface area contributed by atoms with E-state index in [4.69, 9.17) is 26.2 Å². The Labute approximate surface area is 227 Å². The van der Waals surface area contributed by atoms with Gasteiger partial charge in [-0.25, -0.2) is 28.1 Å². The van der Waals surface area contributed by atoms with Gasteiger partial charge in [0.05, 0.1) is 30.8 Å². The molecule has 0 spiro atoms. The Bertz CT molecular complexity index is 1380. The van der Waals surface area contributed by atoms with E-state index in [0.29, 0.717) is 22.1 Å². The van der Waals surface area contributed by atoms with Gasteiger partial charge in [-0.1, -0.05) is 17.7 Å². The fraction of sp³-hybridized carbons (Fsp3) is 0.391. The molecule has 11 nitrogen and oxygen atoms in total. The van der Waals surface area contributed by atoms with Gasteiger partial charge in [-0.2, -0.15) is 0 Å². The predicted molar refractivity (Wildman–Crippen MR) is 139 cm³/mol. The summed E-state index contributed by atoms with van der Waals surface area (Å²) in [6.07, 6.45) is 1.59. The lowest BCUT2D eigenvalue weighted by Gasteiger charge is -2.36. The van der Waals surface area contributed by atoms with E-state index in [1.807, 2.05) is 0 Å². The fourth-order valence-electron chi connectivity index (χ4n) is 4.21. The Hall–Kier alpha value is -2.91. The van der Waals surface area contributed by atoms with Crippen LogP contribution in [-0.2, 0) is 29.0 Å². The van der Waals surface area contributed by atoms with Crippen molar-refractivity contribution in [2.24, 2.45) is 4.99 Å². The number of hydrogen-bond donors (Lipinski definition) is 2. The number of nitrogens with zero attached hydrogens (tertiary/aromatic N) is 3. The normalized spacial score (nSPS) is 21.4. The summed E-state index contributed by atoms with van der Waals surface area (Å²) in [7, 11) is -2.24. The SMILES string of the molecule is CCOC(=O)C1=C(CN2CCS(=O)(=O)C[C@H]2C(=O)NOC)NC(c2nccs2)=N[C@H]1c1ccc(F)cc1Cl. The highest BCUT2D eigenvalue weighted by Gasteiger charge is 2.40. The van der Waals surface area contributed by atoms with E-state index in [1.54, 1.807) is 23.4 Å². The van der Waals surface area contributed by atoms with Crippen molar-refractivity contribution in [1.82, 2.24) is 20.7 Å². The number of aromatic nitrogens is 1. The molecule has 38 heavy (non-hydrogen) atoms. The lowest BCUT2D eigenvalue weighted by atomic mass is 9.95. The van der Waals surface area contributed by atoms with Gasteiger partial charge in [0.2, 0.25) is 0 Å². The molecule has 2 aromatic rings. The maximum atomic E-state index is 13.9. The smallest absolute Gasteiger partial charge is 0.338 e. The molecule has 1 aromatic carbocycles. The van der Waals surface area contributed by atoms with Gasteiger partial charge in [0, 0.05) is 40.9 Å². The van der Waals surface area contributed by atoms with Crippen molar-refractivity contribution in [3.63, 3.8) is 0 Å². The third-order valence-electron chi connectivity index (χ3n) is 5.92. The lowest BCUT2D eigenvalue weighted by molar-refractivity contribution is -0.139. The molecule has 204 valence electrons. The van der Waals surface area contributed by atoms with Crippen molar-refractivity contribution >= 4 is 50.5 Å². The topological polar surface area (TPSA) is 139 Å². The standard InChI is InChI=1S/C23H25ClFN5O6S2/c1-3-36-23(32)18-16(11-30-7-9-38(33,34)12-17(30)21(31)29-35-2)27-20(22-26-6-8-37-22)28-19(18)14-5-4-13(25)10-15(14)24/h4-6,8,10,17,19H,3,7,9,11-12H2,1-2H3,(H,27,28)(H,29,31)/t17-,19-/m0/s1. The second-order valence-electron chi connectivity index (χ2n) is 8.39. The summed E-state index contributed by atoms with van der Waals surface area (Å²) < 4.78 is 43.9. The summed E-state index contributed by atoms with van der Waals surface area (Å²) >= 11 is 7.70. The van der Waals surface area contributed by atoms with Crippen molar-refractivity contribution in [3.8, 4) is 0 Å². The van der Waals surface area contributed by atoms with Crippen LogP contribution in [0.2, 0.25) is 5.02 Å². The number of hydroxylamine groups is 1. The van der Waals surface area contributed by atoms with Crippen molar-refractivity contribution in [1.29, 1.82) is 0 Å². The zero-order valence-electron chi connectivity index (χ0n) is 20.4. The van der Waals surface area contributed by atoms with Crippen LogP contribution in [0.15, 0.2) is 46.0 Å². The highest BCUT2D eigenvalue weighted by Crippen LogP contribution is 2.37. The largest absolute Gasteiger partial charge is 0.463 e. The van der Waals surface area contributed by atoms with Crippen LogP contribution in [0, 0.1) is 5.82 Å². The molecule has 0 bridgehead atoms. The average Bonchev–Trinajstić information content (AvgIpc) is 3.40. The van der Waals surface area contributed by atoms with Gasteiger partial charge in [-0.3, -0.25) is 19.5 Å². The van der Waals surface area contributed by atoms with Gasteiger partial charge in [-0.05, 0) is 19.1 Å². The molecule has 4 rings (SSSR count). The number of amides is 1. The Morgan fingerprint density at radius 2 is 2.16 bits per heavy atom. The number of amidine groups is 1. The number of carbonyl (C=O) groups excluding carboxylic acids is 2. The average molecular weight is 586 g/mol. The molecule has 2 aliphatic rings. The first-order valence-corrected chi connectivity index (χ1v) is 14.6. The maximum Gasteiger partial charge on any atom is 0.338 e. The van der Waals surface area contributed by atoms with Crippen molar-refractivity contribution in [2.75, 3.05) is 38.3 Å². The molecule has 3 heterocycles. The quantitative estimate of drug-likeness (QED) is 0.349. The van der Waals surface area contributed by atoms with Crippen LogP contribution >= 0.6 is 22.9 Å². The Morgan fingerprint density at radius 3 is 2.82 bits per heavy atom. The number of ether oxygens (including phenoxy) is 1. The van der Waals surface area contributed by atoms with Crippen LogP contribution < -0.4 is 10.8 Å². The fourth-order valence-corrected chi connectivity index (χ4v) is 6.59. The number of sulfone groups is 1. The van der Waals surface area contributed by atoms with Crippen LogP contribution in [0.4, 0.5) is 4.39 Å². The first-order valence-electron chi connectivity index (χ1n) is 11.5. The number of halogens is 2. The monoisotopic (exact) mass is 585 g/mol. The second-order valence-corrected chi connectivity index (χ2v) is 11.9. The molecule has 0 radical (unpaired) electrons. The van der Waals surface area contributed by atoms with Crippen molar-refractivity contribution in [3.05, 3.63) is 62.5 Å². The Balaban J connectivity index is 1.83. The van der Waals surface area contributed by atoms with Gasteiger partial charge in [-0.15, -0.1) is 11.3 Å². The predicted octanol–water partition coefficient (Wildman–Crippen LogP) is 1.62. The number of benzene rings is 1. The first-order chi connectivity index (χ1) is 18.1. The molecular formula is C23H25ClFN5O6S2. The van der Waals surface area contributed by atoms with E-state index < -0.39 is 45.4 Å². The molecule has 1 amide bonds. The van der Waals surface area contributed by atoms with E-state index in [-0.39, 0.29) is 36.0 Å². The molecule has 2 N–H and O–H groups in total. The zero-order valence-corrected chi connectivity index (χ0v) is 22.8. The molecular weight excluding hydrogens is 561 g/mol. The Kier molecular flexibility index (Phi) is 8.78. The summed E-state index contributed by atoms with van der Waals surface area (Å²) in [5, 5.41) is 5.47. The van der Waals surface area contributed by atoms with Crippen LogP contribution in [0.5, 0.6) is 0 Å². The highest BCUT2D eigenvalue weighted by atomic mass is 35.5. The molecule has 2 atom stereocenters. The van der Waals surface area contributed by atoms with Crippen LogP contribution in [-0.4, -0.2) is 80.4 Å². The Morgan fingerprint density at radius 1 is 1.37 bits per heavy atom. The van der Waals surface area contributed by atoms with Crippen LogP contribution in [0.1, 0.15) is 23.5 Å². The second kappa shape index (κ2) is 11.9. The van der Waals surface area contributed by atoms with E-state index in [2.05, 4.69) is 15.8 Å². The maximum absolute atomic E-state index is 13.9. The van der Waals surface area contributed by atoms with E-state index in [1.165, 1.54) is 30.6 Å². The van der Waals surface area contributed by atoms with Gasteiger partial charge >= 0.3 is 5.97 Å². The molecule has 15 heteroatoms. The van der Waals surface area contributed by atoms with Gasteiger partial charge in [0.15, 0.2) is 20.7 Å². The number of thiazole rings is 1. The minimum absolute atomic E-state index is 0.0249. The lowest BCUT2D eigenvalue weighted by Crippen LogP contribution is -2.57. The van der Waals surface area contributed by atoms with Gasteiger partial charge < -0.3 is 10.1 Å². The highest BCUT2D eigenvalue weighted by molar-refractivity contribution is 7.91. The number of carbonyl (C=O) groups is 2. The van der Waals surface area contributed by atoms with Gasteiger partial charge in [0.1, 0.15) is 17.9 Å². The summed E-state index contributed by atoms with van der Waals surface area (Å²) in [5.74, 6) is -2.16. The van der Waals surface area contributed by atoms with E-state index in [9.17, 15) is 22.4 Å². The summed E-state index contributed by atoms with van der Waals surface area (Å²) in [6.45, 7) is 1.71. The molecule has 1 saturated heterocycles. The third-order valence-corrected chi connectivity index (χ3v) is 8.66. The van der Waals surface area contributed by atoms with E-state index >= 15 is 0 Å². The molecule has 2 aliphatic heterocycles. The van der Waals surface area contributed by atoms with Crippen molar-refractivity contribution in [2.45, 2.75) is 19.0 Å². The van der Waals surface area contributed by atoms with E-state index in [0.717, 1.165) is 6.07 Å².